The summed E-state index contributed by atoms with van der Waals surface area (Å²) >= 11 is 0. The molecule has 0 fully saturated rings. The average Bonchev–Trinajstić information content (AvgIpc) is 2.66. The summed E-state index contributed by atoms with van der Waals surface area (Å²) in [4.78, 5) is 3.75. The Morgan fingerprint density at radius 1 is 1.25 bits per heavy atom. The SMILES string of the molecule is Nc1ccccc1-c1coc(S(N)(=O)=O)n1. The molecular weight excluding hydrogens is 230 g/mol. The molecule has 84 valence electrons. The van der Waals surface area contributed by atoms with Crippen molar-refractivity contribution in [1.82, 2.24) is 4.98 Å². The predicted molar refractivity (Wildman–Crippen MR) is 57.7 cm³/mol. The Morgan fingerprint density at radius 2 is 1.94 bits per heavy atom. The van der Waals surface area contributed by atoms with Gasteiger partial charge in [-0.15, -0.1) is 0 Å². The number of aromatic nitrogens is 1. The molecule has 1 heterocycles. The van der Waals surface area contributed by atoms with Gasteiger partial charge in [-0.2, -0.15) is 4.98 Å². The maximum Gasteiger partial charge on any atom is 0.331 e. The van der Waals surface area contributed by atoms with Crippen molar-refractivity contribution < 1.29 is 12.8 Å². The van der Waals surface area contributed by atoms with Crippen molar-refractivity contribution in [1.29, 1.82) is 0 Å². The molecule has 0 saturated heterocycles. The molecular formula is C9H9N3O3S. The van der Waals surface area contributed by atoms with Crippen LogP contribution in [0.1, 0.15) is 0 Å². The molecule has 0 atom stereocenters. The summed E-state index contributed by atoms with van der Waals surface area (Å²) in [7, 11) is -3.92. The maximum atomic E-state index is 11.0. The van der Waals surface area contributed by atoms with Gasteiger partial charge in [0.15, 0.2) is 0 Å². The minimum atomic E-state index is -3.92. The Balaban J connectivity index is 2.52. The highest BCUT2D eigenvalue weighted by atomic mass is 32.2. The molecule has 6 nitrogen and oxygen atoms in total. The molecule has 2 aromatic rings. The first-order valence-electron chi connectivity index (χ1n) is 4.31. The van der Waals surface area contributed by atoms with Crippen LogP contribution in [-0.2, 0) is 10.0 Å². The van der Waals surface area contributed by atoms with Gasteiger partial charge in [-0.05, 0) is 6.07 Å². The van der Waals surface area contributed by atoms with Crippen LogP contribution in [0.4, 0.5) is 5.69 Å². The van der Waals surface area contributed by atoms with Crippen LogP contribution in [0.15, 0.2) is 40.2 Å². The molecule has 0 unspecified atom stereocenters. The lowest BCUT2D eigenvalue weighted by atomic mass is 10.1. The van der Waals surface area contributed by atoms with Crippen LogP contribution in [0.3, 0.4) is 0 Å². The van der Waals surface area contributed by atoms with Crippen LogP contribution < -0.4 is 10.9 Å². The zero-order valence-electron chi connectivity index (χ0n) is 8.12. The smallest absolute Gasteiger partial charge is 0.331 e. The van der Waals surface area contributed by atoms with Crippen molar-refractivity contribution in [3.8, 4) is 11.3 Å². The summed E-state index contributed by atoms with van der Waals surface area (Å²) in [5, 5.41) is 4.35. The molecule has 0 aliphatic heterocycles. The van der Waals surface area contributed by atoms with E-state index in [0.29, 0.717) is 16.9 Å². The molecule has 7 heteroatoms. The molecule has 16 heavy (non-hydrogen) atoms. The minimum absolute atomic E-state index is 0.335. The summed E-state index contributed by atoms with van der Waals surface area (Å²) in [6.45, 7) is 0. The van der Waals surface area contributed by atoms with E-state index >= 15 is 0 Å². The van der Waals surface area contributed by atoms with Crippen molar-refractivity contribution in [3.63, 3.8) is 0 Å². The van der Waals surface area contributed by atoms with Gasteiger partial charge < -0.3 is 10.2 Å². The number of hydrogen-bond donors (Lipinski definition) is 2. The lowest BCUT2D eigenvalue weighted by Crippen LogP contribution is -2.12. The van der Waals surface area contributed by atoms with Gasteiger partial charge >= 0.3 is 5.22 Å². The summed E-state index contributed by atoms with van der Waals surface area (Å²) < 4.78 is 26.7. The van der Waals surface area contributed by atoms with Gasteiger partial charge in [-0.3, -0.25) is 0 Å². The lowest BCUT2D eigenvalue weighted by Gasteiger charge is -1.99. The highest BCUT2D eigenvalue weighted by Gasteiger charge is 2.17. The second-order valence-corrected chi connectivity index (χ2v) is 4.57. The fourth-order valence-electron chi connectivity index (χ4n) is 1.24. The Bertz CT molecular complexity index is 618. The first kappa shape index (κ1) is 10.7. The highest BCUT2D eigenvalue weighted by molar-refractivity contribution is 7.88. The third kappa shape index (κ3) is 1.90. The van der Waals surface area contributed by atoms with Crippen LogP contribution in [0.2, 0.25) is 0 Å². The topological polar surface area (TPSA) is 112 Å². The highest BCUT2D eigenvalue weighted by Crippen LogP contribution is 2.25. The van der Waals surface area contributed by atoms with E-state index in [4.69, 9.17) is 15.3 Å². The van der Waals surface area contributed by atoms with E-state index in [2.05, 4.69) is 4.98 Å². The van der Waals surface area contributed by atoms with Crippen molar-refractivity contribution in [2.24, 2.45) is 5.14 Å². The zero-order valence-corrected chi connectivity index (χ0v) is 8.94. The fraction of sp³-hybridized carbons (Fsp3) is 0. The van der Waals surface area contributed by atoms with Crippen LogP contribution in [0.5, 0.6) is 0 Å². The minimum Gasteiger partial charge on any atom is -0.435 e. The Hall–Kier alpha value is -1.86. The van der Waals surface area contributed by atoms with E-state index in [1.165, 1.54) is 6.26 Å². The second-order valence-electron chi connectivity index (χ2n) is 3.13. The molecule has 0 aliphatic carbocycles. The molecule has 2 rings (SSSR count). The molecule has 0 bridgehead atoms. The summed E-state index contributed by atoms with van der Waals surface area (Å²) in [5.74, 6) is 0. The Morgan fingerprint density at radius 3 is 2.50 bits per heavy atom. The second kappa shape index (κ2) is 3.62. The van der Waals surface area contributed by atoms with Gasteiger partial charge in [0.25, 0.3) is 10.0 Å². The number of anilines is 1. The van der Waals surface area contributed by atoms with E-state index in [-0.39, 0.29) is 0 Å². The van der Waals surface area contributed by atoms with Gasteiger partial charge in [0.2, 0.25) is 0 Å². The maximum absolute atomic E-state index is 11.0. The average molecular weight is 239 g/mol. The number of nitrogen functional groups attached to an aromatic ring is 1. The number of para-hydroxylation sites is 1. The molecule has 0 aliphatic rings. The third-order valence-electron chi connectivity index (χ3n) is 1.96. The van der Waals surface area contributed by atoms with Crippen molar-refractivity contribution in [2.75, 3.05) is 5.73 Å². The number of sulfonamides is 1. The molecule has 0 amide bonds. The van der Waals surface area contributed by atoms with E-state index in [0.717, 1.165) is 0 Å². The van der Waals surface area contributed by atoms with Crippen molar-refractivity contribution in [3.05, 3.63) is 30.5 Å². The number of nitrogens with zero attached hydrogens (tertiary/aromatic N) is 1. The first-order chi connectivity index (χ1) is 7.48. The third-order valence-corrected chi connectivity index (χ3v) is 2.64. The van der Waals surface area contributed by atoms with E-state index in [9.17, 15) is 8.42 Å². The first-order valence-corrected chi connectivity index (χ1v) is 5.86. The summed E-state index contributed by atoms with van der Waals surface area (Å²) in [5.41, 5.74) is 7.13. The van der Waals surface area contributed by atoms with Crippen LogP contribution in [-0.4, -0.2) is 13.4 Å². The molecule has 0 radical (unpaired) electrons. The van der Waals surface area contributed by atoms with Crippen molar-refractivity contribution in [2.45, 2.75) is 5.22 Å². The Kier molecular flexibility index (Phi) is 2.41. The fourth-order valence-corrected chi connectivity index (χ4v) is 1.65. The summed E-state index contributed by atoms with van der Waals surface area (Å²) in [6, 6.07) is 6.91. The van der Waals surface area contributed by atoms with E-state index < -0.39 is 15.2 Å². The van der Waals surface area contributed by atoms with E-state index in [1.807, 2.05) is 0 Å². The Labute approximate surface area is 91.9 Å². The van der Waals surface area contributed by atoms with Gasteiger partial charge in [0, 0.05) is 11.3 Å². The quantitative estimate of drug-likeness (QED) is 0.744. The number of hydrogen-bond acceptors (Lipinski definition) is 5. The predicted octanol–water partition coefficient (Wildman–Crippen LogP) is 0.571. The number of nitrogens with two attached hydrogens (primary N) is 2. The van der Waals surface area contributed by atoms with Gasteiger partial charge in [0.05, 0.1) is 0 Å². The molecule has 0 saturated carbocycles. The lowest BCUT2D eigenvalue weighted by molar-refractivity contribution is 0.430. The van der Waals surface area contributed by atoms with Crippen LogP contribution in [0, 0.1) is 0 Å². The normalized spacial score (nSPS) is 11.6. The number of primary sulfonamides is 1. The number of oxazole rings is 1. The van der Waals surface area contributed by atoms with Gasteiger partial charge in [-0.1, -0.05) is 18.2 Å². The molecule has 1 aromatic carbocycles. The van der Waals surface area contributed by atoms with Crippen LogP contribution >= 0.6 is 0 Å². The van der Waals surface area contributed by atoms with Gasteiger partial charge in [-0.25, -0.2) is 13.6 Å². The zero-order chi connectivity index (χ0) is 11.8. The number of benzene rings is 1. The largest absolute Gasteiger partial charge is 0.435 e. The molecule has 1 aromatic heterocycles. The molecule has 4 N–H and O–H groups in total. The van der Waals surface area contributed by atoms with E-state index in [1.54, 1.807) is 24.3 Å². The number of rotatable bonds is 2. The monoisotopic (exact) mass is 239 g/mol. The standard InChI is InChI=1S/C9H9N3O3S/c10-7-4-2-1-3-6(7)8-5-15-9(12-8)16(11,13)14/h1-5H,10H2,(H2,11,13,14). The van der Waals surface area contributed by atoms with Crippen LogP contribution in [0.25, 0.3) is 11.3 Å². The van der Waals surface area contributed by atoms with Crippen molar-refractivity contribution >= 4 is 15.7 Å². The summed E-state index contributed by atoms with van der Waals surface area (Å²) in [6.07, 6.45) is 1.20. The molecule has 0 spiro atoms. The van der Waals surface area contributed by atoms with Gasteiger partial charge in [0.1, 0.15) is 12.0 Å².